The van der Waals surface area contributed by atoms with Crippen LogP contribution in [0.5, 0.6) is 0 Å². The number of benzene rings is 1. The maximum absolute atomic E-state index is 12.4. The fourth-order valence-electron chi connectivity index (χ4n) is 2.10. The Kier molecular flexibility index (Phi) is 4.15. The standard InChI is InChI=1S/C17H14N4O/c22-17(20-10-13-6-8-18-9-7-13)15-11-19-12-21-16(15)14-4-2-1-3-5-14/h1-9,11-12H,10H2,(H,20,22). The fourth-order valence-corrected chi connectivity index (χ4v) is 2.10. The summed E-state index contributed by atoms with van der Waals surface area (Å²) in [5.41, 5.74) is 2.96. The maximum atomic E-state index is 12.4. The van der Waals surface area contributed by atoms with Crippen LogP contribution in [-0.2, 0) is 6.54 Å². The Morgan fingerprint density at radius 3 is 2.55 bits per heavy atom. The van der Waals surface area contributed by atoms with E-state index < -0.39 is 0 Å². The van der Waals surface area contributed by atoms with E-state index in [1.54, 1.807) is 12.4 Å². The molecule has 5 nitrogen and oxygen atoms in total. The van der Waals surface area contributed by atoms with Crippen molar-refractivity contribution >= 4 is 5.91 Å². The number of pyridine rings is 1. The molecule has 5 heteroatoms. The van der Waals surface area contributed by atoms with Crippen molar-refractivity contribution < 1.29 is 4.79 Å². The van der Waals surface area contributed by atoms with Crippen molar-refractivity contribution in [2.24, 2.45) is 0 Å². The van der Waals surface area contributed by atoms with Crippen molar-refractivity contribution in [1.29, 1.82) is 0 Å². The number of nitrogens with one attached hydrogen (secondary N) is 1. The van der Waals surface area contributed by atoms with Gasteiger partial charge in [-0.3, -0.25) is 9.78 Å². The molecule has 1 amide bonds. The van der Waals surface area contributed by atoms with E-state index in [-0.39, 0.29) is 5.91 Å². The first-order valence-electron chi connectivity index (χ1n) is 6.87. The van der Waals surface area contributed by atoms with Crippen LogP contribution in [-0.4, -0.2) is 20.9 Å². The van der Waals surface area contributed by atoms with Crippen molar-refractivity contribution in [2.45, 2.75) is 6.54 Å². The lowest BCUT2D eigenvalue weighted by Gasteiger charge is -2.09. The molecule has 0 atom stereocenters. The summed E-state index contributed by atoms with van der Waals surface area (Å²) in [6.07, 6.45) is 6.38. The third kappa shape index (κ3) is 3.15. The largest absolute Gasteiger partial charge is 0.348 e. The van der Waals surface area contributed by atoms with Crippen molar-refractivity contribution in [3.05, 3.63) is 78.5 Å². The van der Waals surface area contributed by atoms with Gasteiger partial charge in [0, 0.05) is 30.7 Å². The van der Waals surface area contributed by atoms with Crippen molar-refractivity contribution in [3.63, 3.8) is 0 Å². The Morgan fingerprint density at radius 2 is 1.77 bits per heavy atom. The molecule has 0 spiro atoms. The van der Waals surface area contributed by atoms with Crippen LogP contribution < -0.4 is 5.32 Å². The second-order valence-corrected chi connectivity index (χ2v) is 4.69. The van der Waals surface area contributed by atoms with E-state index in [1.165, 1.54) is 12.5 Å². The predicted molar refractivity (Wildman–Crippen MR) is 82.9 cm³/mol. The number of amides is 1. The quantitative estimate of drug-likeness (QED) is 0.801. The van der Waals surface area contributed by atoms with E-state index in [0.717, 1.165) is 11.1 Å². The monoisotopic (exact) mass is 290 g/mol. The number of hydrogen-bond acceptors (Lipinski definition) is 4. The zero-order chi connectivity index (χ0) is 15.2. The van der Waals surface area contributed by atoms with Gasteiger partial charge in [0.2, 0.25) is 0 Å². The number of carbonyl (C=O) groups is 1. The number of aromatic nitrogens is 3. The van der Waals surface area contributed by atoms with Gasteiger partial charge in [0.1, 0.15) is 6.33 Å². The summed E-state index contributed by atoms with van der Waals surface area (Å²) in [7, 11) is 0. The third-order valence-electron chi connectivity index (χ3n) is 3.21. The smallest absolute Gasteiger partial charge is 0.255 e. The molecule has 0 aliphatic heterocycles. The highest BCUT2D eigenvalue weighted by molar-refractivity contribution is 5.99. The molecule has 0 bridgehead atoms. The second-order valence-electron chi connectivity index (χ2n) is 4.69. The lowest BCUT2D eigenvalue weighted by molar-refractivity contribution is 0.0951. The van der Waals surface area contributed by atoms with Gasteiger partial charge >= 0.3 is 0 Å². The van der Waals surface area contributed by atoms with Gasteiger partial charge in [-0.2, -0.15) is 0 Å². The highest BCUT2D eigenvalue weighted by Crippen LogP contribution is 2.19. The van der Waals surface area contributed by atoms with Crippen LogP contribution in [0.25, 0.3) is 11.3 Å². The number of hydrogen-bond donors (Lipinski definition) is 1. The van der Waals surface area contributed by atoms with Gasteiger partial charge in [0.25, 0.3) is 5.91 Å². The molecule has 0 saturated heterocycles. The van der Waals surface area contributed by atoms with E-state index in [2.05, 4.69) is 20.3 Å². The van der Waals surface area contributed by atoms with E-state index in [0.29, 0.717) is 17.8 Å². The van der Waals surface area contributed by atoms with E-state index in [4.69, 9.17) is 0 Å². The first-order valence-corrected chi connectivity index (χ1v) is 6.87. The van der Waals surface area contributed by atoms with Gasteiger partial charge in [-0.15, -0.1) is 0 Å². The number of nitrogens with zero attached hydrogens (tertiary/aromatic N) is 3. The van der Waals surface area contributed by atoms with E-state index in [1.807, 2.05) is 42.5 Å². The van der Waals surface area contributed by atoms with Crippen LogP contribution in [0.2, 0.25) is 0 Å². The Labute approximate surface area is 128 Å². The zero-order valence-corrected chi connectivity index (χ0v) is 11.8. The van der Waals surface area contributed by atoms with Crippen LogP contribution in [0.3, 0.4) is 0 Å². The van der Waals surface area contributed by atoms with Crippen molar-refractivity contribution in [1.82, 2.24) is 20.3 Å². The van der Waals surface area contributed by atoms with Gasteiger partial charge < -0.3 is 5.32 Å². The number of carbonyl (C=O) groups excluding carboxylic acids is 1. The molecular formula is C17H14N4O. The molecule has 0 saturated carbocycles. The van der Waals surface area contributed by atoms with Crippen LogP contribution >= 0.6 is 0 Å². The molecule has 0 unspecified atom stereocenters. The Hall–Kier alpha value is -3.08. The van der Waals surface area contributed by atoms with Crippen molar-refractivity contribution in [3.8, 4) is 11.3 Å². The lowest BCUT2D eigenvalue weighted by Crippen LogP contribution is -2.24. The first kappa shape index (κ1) is 13.9. The van der Waals surface area contributed by atoms with Gasteiger partial charge in [0.15, 0.2) is 0 Å². The molecule has 1 aromatic carbocycles. The summed E-state index contributed by atoms with van der Waals surface area (Å²) in [5.74, 6) is -0.198. The molecule has 108 valence electrons. The lowest BCUT2D eigenvalue weighted by atomic mass is 10.1. The summed E-state index contributed by atoms with van der Waals surface area (Å²) >= 11 is 0. The summed E-state index contributed by atoms with van der Waals surface area (Å²) < 4.78 is 0. The fraction of sp³-hybridized carbons (Fsp3) is 0.0588. The molecule has 0 aliphatic rings. The molecule has 0 aliphatic carbocycles. The molecule has 2 heterocycles. The van der Waals surface area contributed by atoms with Gasteiger partial charge in [-0.1, -0.05) is 30.3 Å². The molecular weight excluding hydrogens is 276 g/mol. The molecule has 0 fully saturated rings. The average molecular weight is 290 g/mol. The van der Waals surface area contributed by atoms with Gasteiger partial charge in [0.05, 0.1) is 11.3 Å². The summed E-state index contributed by atoms with van der Waals surface area (Å²) in [5, 5.41) is 2.88. The molecule has 0 radical (unpaired) electrons. The predicted octanol–water partition coefficient (Wildman–Crippen LogP) is 2.47. The van der Waals surface area contributed by atoms with E-state index in [9.17, 15) is 4.79 Å². The maximum Gasteiger partial charge on any atom is 0.255 e. The Morgan fingerprint density at radius 1 is 1.00 bits per heavy atom. The Bertz CT molecular complexity index is 760. The zero-order valence-electron chi connectivity index (χ0n) is 11.8. The summed E-state index contributed by atoms with van der Waals surface area (Å²) in [6, 6.07) is 13.3. The minimum Gasteiger partial charge on any atom is -0.348 e. The molecule has 3 aromatic rings. The van der Waals surface area contributed by atoms with Crippen LogP contribution in [0.15, 0.2) is 67.4 Å². The molecule has 1 N–H and O–H groups in total. The summed E-state index contributed by atoms with van der Waals surface area (Å²) in [4.78, 5) is 24.6. The molecule has 3 rings (SSSR count). The molecule has 2 aromatic heterocycles. The van der Waals surface area contributed by atoms with Crippen LogP contribution in [0.1, 0.15) is 15.9 Å². The van der Waals surface area contributed by atoms with Crippen LogP contribution in [0, 0.1) is 0 Å². The highest BCUT2D eigenvalue weighted by Gasteiger charge is 2.13. The topological polar surface area (TPSA) is 67.8 Å². The number of rotatable bonds is 4. The van der Waals surface area contributed by atoms with Crippen LogP contribution in [0.4, 0.5) is 0 Å². The van der Waals surface area contributed by atoms with Gasteiger partial charge in [-0.05, 0) is 17.7 Å². The highest BCUT2D eigenvalue weighted by atomic mass is 16.1. The molecule has 22 heavy (non-hydrogen) atoms. The minimum atomic E-state index is -0.198. The van der Waals surface area contributed by atoms with E-state index >= 15 is 0 Å². The Balaban J connectivity index is 1.81. The third-order valence-corrected chi connectivity index (χ3v) is 3.21. The van der Waals surface area contributed by atoms with Crippen molar-refractivity contribution in [2.75, 3.05) is 0 Å². The second kappa shape index (κ2) is 6.58. The normalized spacial score (nSPS) is 10.2. The minimum absolute atomic E-state index is 0.198. The summed E-state index contributed by atoms with van der Waals surface area (Å²) in [6.45, 7) is 0.435. The first-order chi connectivity index (χ1) is 10.8. The SMILES string of the molecule is O=C(NCc1ccncc1)c1cncnc1-c1ccccc1. The average Bonchev–Trinajstić information content (AvgIpc) is 2.61. The van der Waals surface area contributed by atoms with Gasteiger partial charge in [-0.25, -0.2) is 9.97 Å².